The first-order chi connectivity index (χ1) is 12.2. The van der Waals surface area contributed by atoms with Gasteiger partial charge in [-0.3, -0.25) is 9.59 Å². The van der Waals surface area contributed by atoms with E-state index in [1.54, 1.807) is 25.1 Å². The van der Waals surface area contributed by atoms with E-state index < -0.39 is 32.3 Å². The molecule has 0 amide bonds. The molecule has 0 aromatic heterocycles. The molecule has 1 aliphatic carbocycles. The number of hydrogen-bond acceptors (Lipinski definition) is 3. The summed E-state index contributed by atoms with van der Waals surface area (Å²) >= 11 is 0. The van der Waals surface area contributed by atoms with Crippen LogP contribution < -0.4 is 0 Å². The molecule has 146 valence electrons. The Morgan fingerprint density at radius 2 is 1.63 bits per heavy atom. The Morgan fingerprint density at radius 3 is 2.15 bits per heavy atom. The summed E-state index contributed by atoms with van der Waals surface area (Å²) in [5, 5.41) is 0. The van der Waals surface area contributed by atoms with Gasteiger partial charge in [0, 0.05) is 12.0 Å². The van der Waals surface area contributed by atoms with Gasteiger partial charge in [-0.15, -0.1) is 0 Å². The summed E-state index contributed by atoms with van der Waals surface area (Å²) in [5.41, 5.74) is -0.468. The van der Waals surface area contributed by atoms with Crippen LogP contribution in [0.4, 0.5) is 19.4 Å². The van der Waals surface area contributed by atoms with E-state index >= 15 is 0 Å². The third kappa shape index (κ3) is 3.09. The average Bonchev–Trinajstić information content (AvgIpc) is 2.86. The average molecular weight is 406 g/mol. The molecular formula is C18H15F5O3S. The minimum absolute atomic E-state index is 0.121. The van der Waals surface area contributed by atoms with Gasteiger partial charge in [0.15, 0.2) is 11.2 Å². The number of fused-ring (bicyclic) bond motifs is 1. The van der Waals surface area contributed by atoms with Gasteiger partial charge in [-0.2, -0.15) is 0 Å². The molecule has 0 saturated heterocycles. The number of halogens is 5. The van der Waals surface area contributed by atoms with Crippen molar-refractivity contribution in [3.05, 3.63) is 64.7 Å². The molecular weight excluding hydrogens is 391 g/mol. The van der Waals surface area contributed by atoms with Crippen LogP contribution in [0.25, 0.3) is 0 Å². The second-order valence-corrected chi connectivity index (χ2v) is 8.97. The van der Waals surface area contributed by atoms with Gasteiger partial charge in [0.05, 0.1) is 7.11 Å². The van der Waals surface area contributed by atoms with Crippen molar-refractivity contribution in [2.24, 2.45) is 0 Å². The predicted molar refractivity (Wildman–Crippen MR) is 90.7 cm³/mol. The van der Waals surface area contributed by atoms with Gasteiger partial charge < -0.3 is 4.74 Å². The Kier molecular flexibility index (Phi) is 3.65. The minimum Gasteiger partial charge on any atom is -0.468 e. The van der Waals surface area contributed by atoms with Crippen molar-refractivity contribution in [1.29, 1.82) is 0 Å². The zero-order valence-corrected chi connectivity index (χ0v) is 15.1. The van der Waals surface area contributed by atoms with Gasteiger partial charge in [0.2, 0.25) is 0 Å². The highest BCUT2D eigenvalue weighted by atomic mass is 32.5. The third-order valence-electron chi connectivity index (χ3n) is 4.68. The fourth-order valence-electron chi connectivity index (χ4n) is 3.34. The van der Waals surface area contributed by atoms with Crippen LogP contribution >= 0.6 is 10.2 Å². The van der Waals surface area contributed by atoms with Crippen molar-refractivity contribution < 1.29 is 33.8 Å². The normalized spacial score (nSPS) is 22.0. The van der Waals surface area contributed by atoms with Crippen LogP contribution in [-0.2, 0) is 21.4 Å². The van der Waals surface area contributed by atoms with Crippen LogP contribution in [-0.4, -0.2) is 18.9 Å². The monoisotopic (exact) mass is 406 g/mol. The number of carbonyl (C=O) groups excluding carboxylic acids is 2. The summed E-state index contributed by atoms with van der Waals surface area (Å²) in [6.07, 6.45) is -0.121. The van der Waals surface area contributed by atoms with Crippen molar-refractivity contribution >= 4 is 22.0 Å². The molecule has 2 aromatic rings. The van der Waals surface area contributed by atoms with E-state index in [2.05, 4.69) is 0 Å². The van der Waals surface area contributed by atoms with Crippen LogP contribution in [0.15, 0.2) is 47.4 Å². The second kappa shape index (κ2) is 5.09. The number of rotatable bonds is 3. The molecule has 0 fully saturated rings. The highest BCUT2D eigenvalue weighted by Crippen LogP contribution is 3.02. The van der Waals surface area contributed by atoms with Crippen molar-refractivity contribution in [3.8, 4) is 0 Å². The standard InChI is InChI=1S/C18H15F5O3S/c1-11-3-4-12-10-18(17(25)26-2,16(24)15(12)9-11)13-5-7-14(8-6-13)27(19,20,21,22)23/h3-9H,10H2,1-2H3. The lowest BCUT2D eigenvalue weighted by molar-refractivity contribution is -0.145. The molecule has 27 heavy (non-hydrogen) atoms. The summed E-state index contributed by atoms with van der Waals surface area (Å²) in [5.74, 6) is -1.59. The van der Waals surface area contributed by atoms with E-state index in [9.17, 15) is 29.0 Å². The highest BCUT2D eigenvalue weighted by molar-refractivity contribution is 8.45. The summed E-state index contributed by atoms with van der Waals surface area (Å²) < 4.78 is 69.5. The Balaban J connectivity index is 2.17. The zero-order valence-electron chi connectivity index (χ0n) is 14.3. The number of hydrogen-bond donors (Lipinski definition) is 0. The number of esters is 1. The number of ether oxygens (including phenoxy) is 1. The molecule has 0 radical (unpaired) electrons. The number of benzene rings is 2. The van der Waals surface area contributed by atoms with Crippen LogP contribution in [0.3, 0.4) is 0 Å². The summed E-state index contributed by atoms with van der Waals surface area (Å²) in [7, 11) is -8.81. The molecule has 3 nitrogen and oxygen atoms in total. The van der Waals surface area contributed by atoms with E-state index in [-0.39, 0.29) is 29.7 Å². The lowest BCUT2D eigenvalue weighted by atomic mass is 9.77. The van der Waals surface area contributed by atoms with Gasteiger partial charge in [0.25, 0.3) is 0 Å². The Labute approximate surface area is 151 Å². The van der Waals surface area contributed by atoms with Crippen molar-refractivity contribution in [3.63, 3.8) is 0 Å². The van der Waals surface area contributed by atoms with Gasteiger partial charge in [-0.05, 0) is 36.2 Å². The quantitative estimate of drug-likeness (QED) is 0.384. The topological polar surface area (TPSA) is 43.4 Å². The second-order valence-electron chi connectivity index (χ2n) is 6.56. The van der Waals surface area contributed by atoms with Gasteiger partial charge in [0.1, 0.15) is 4.90 Å². The van der Waals surface area contributed by atoms with E-state index in [1.165, 1.54) is 0 Å². The fraction of sp³-hybridized carbons (Fsp3) is 0.222. The van der Waals surface area contributed by atoms with Crippen LogP contribution in [0, 0.1) is 6.92 Å². The molecule has 2 aromatic carbocycles. The molecule has 3 rings (SSSR count). The first kappa shape index (κ1) is 19.3. The largest absolute Gasteiger partial charge is 0.468 e. The van der Waals surface area contributed by atoms with Gasteiger partial charge >= 0.3 is 16.2 Å². The van der Waals surface area contributed by atoms with E-state index in [0.29, 0.717) is 5.56 Å². The number of ketones is 1. The van der Waals surface area contributed by atoms with E-state index in [1.807, 2.05) is 0 Å². The SMILES string of the molecule is COC(=O)C1(c2ccc(S(F)(F)(F)(F)F)cc2)Cc2ccc(C)cc2C1=O. The maximum Gasteiger partial charge on any atom is 0.324 e. The van der Waals surface area contributed by atoms with Crippen LogP contribution in [0.2, 0.25) is 0 Å². The molecule has 0 saturated carbocycles. The predicted octanol–water partition coefficient (Wildman–Crippen LogP) is 5.50. The first-order valence-electron chi connectivity index (χ1n) is 7.76. The Morgan fingerprint density at radius 1 is 1.04 bits per heavy atom. The molecule has 9 heteroatoms. The minimum atomic E-state index is -9.86. The smallest absolute Gasteiger partial charge is 0.324 e. The third-order valence-corrected chi connectivity index (χ3v) is 5.84. The molecule has 1 atom stereocenters. The molecule has 0 heterocycles. The molecule has 1 aliphatic rings. The van der Waals surface area contributed by atoms with Crippen molar-refractivity contribution in [2.45, 2.75) is 23.7 Å². The lowest BCUT2D eigenvalue weighted by Gasteiger charge is -2.40. The Hall–Kier alpha value is -2.42. The van der Waals surface area contributed by atoms with Crippen LogP contribution in [0.1, 0.15) is 27.0 Å². The summed E-state index contributed by atoms with van der Waals surface area (Å²) in [6.45, 7) is 1.75. The van der Waals surface area contributed by atoms with E-state index in [0.717, 1.165) is 24.8 Å². The van der Waals surface area contributed by atoms with Gasteiger partial charge in [-0.25, -0.2) is 0 Å². The van der Waals surface area contributed by atoms with Crippen molar-refractivity contribution in [1.82, 2.24) is 0 Å². The number of carbonyl (C=O) groups is 2. The molecule has 0 N–H and O–H groups in total. The highest BCUT2D eigenvalue weighted by Gasteiger charge is 2.65. The van der Waals surface area contributed by atoms with E-state index in [4.69, 9.17) is 4.74 Å². The fourth-order valence-corrected chi connectivity index (χ4v) is 3.99. The summed E-state index contributed by atoms with van der Waals surface area (Å²) in [6, 6.07) is 6.83. The number of aryl methyl sites for hydroxylation is 1. The van der Waals surface area contributed by atoms with Crippen molar-refractivity contribution in [2.75, 3.05) is 7.11 Å². The number of methoxy groups -OCH3 is 1. The Bertz CT molecular complexity index is 968. The molecule has 0 aliphatic heterocycles. The molecule has 0 bridgehead atoms. The molecule has 0 spiro atoms. The maximum absolute atomic E-state index is 13.0. The van der Waals surface area contributed by atoms with Gasteiger partial charge in [-0.1, -0.05) is 49.3 Å². The maximum atomic E-state index is 13.0. The van der Waals surface area contributed by atoms with Crippen LogP contribution in [0.5, 0.6) is 0 Å². The number of Topliss-reactive ketones (excluding diaryl/α,β-unsaturated/α-hetero) is 1. The molecule has 1 unspecified atom stereocenters. The lowest BCUT2D eigenvalue weighted by Crippen LogP contribution is -2.42. The summed E-state index contributed by atoms with van der Waals surface area (Å²) in [4.78, 5) is 23.4. The first-order valence-corrected chi connectivity index (χ1v) is 9.71. The zero-order chi connectivity index (χ0) is 20.3.